The summed E-state index contributed by atoms with van der Waals surface area (Å²) in [5.41, 5.74) is 2.92. The number of nitrogens with one attached hydrogen (secondary N) is 1. The van der Waals surface area contributed by atoms with Crippen molar-refractivity contribution in [2.75, 3.05) is 12.9 Å². The van der Waals surface area contributed by atoms with Gasteiger partial charge in [-0.25, -0.2) is 5.43 Å². The number of thioether (sulfide) groups is 1. The van der Waals surface area contributed by atoms with E-state index in [1.807, 2.05) is 24.3 Å². The SMILES string of the molecule is COc1cc([N+](=O)[O-])cc(C=NNC(=O)CSc2nnc(-c3cccc(Br)c3)n2C)c1O. The first-order chi connectivity index (χ1) is 15.3. The molecule has 2 aromatic carbocycles. The number of methoxy groups -OCH3 is 1. The fourth-order valence-corrected chi connectivity index (χ4v) is 3.73. The first-order valence-corrected chi connectivity index (χ1v) is 10.7. The Morgan fingerprint density at radius 1 is 1.41 bits per heavy atom. The molecule has 0 bridgehead atoms. The van der Waals surface area contributed by atoms with E-state index >= 15 is 0 Å². The number of ether oxygens (including phenoxy) is 1. The maximum atomic E-state index is 12.1. The molecule has 0 saturated heterocycles. The Morgan fingerprint density at radius 2 is 2.19 bits per heavy atom. The van der Waals surface area contributed by atoms with E-state index in [1.165, 1.54) is 18.9 Å². The van der Waals surface area contributed by atoms with Crippen LogP contribution in [0.25, 0.3) is 11.4 Å². The van der Waals surface area contributed by atoms with Crippen LogP contribution in [0.5, 0.6) is 11.5 Å². The maximum Gasteiger partial charge on any atom is 0.274 e. The highest BCUT2D eigenvalue weighted by atomic mass is 79.9. The third kappa shape index (κ3) is 5.42. The number of benzene rings is 2. The molecule has 11 nitrogen and oxygen atoms in total. The molecule has 32 heavy (non-hydrogen) atoms. The smallest absolute Gasteiger partial charge is 0.274 e. The lowest BCUT2D eigenvalue weighted by molar-refractivity contribution is -0.385. The van der Waals surface area contributed by atoms with Crippen molar-refractivity contribution in [1.29, 1.82) is 0 Å². The molecule has 13 heteroatoms. The molecular formula is C19H17BrN6O5S. The lowest BCUT2D eigenvalue weighted by atomic mass is 10.2. The quantitative estimate of drug-likeness (QED) is 0.199. The minimum atomic E-state index is -0.627. The number of non-ortho nitro benzene ring substituents is 1. The molecular weight excluding hydrogens is 504 g/mol. The number of nitro benzene ring substituents is 1. The number of carbonyl (C=O) groups excluding carboxylic acids is 1. The van der Waals surface area contributed by atoms with Gasteiger partial charge in [0.1, 0.15) is 0 Å². The summed E-state index contributed by atoms with van der Waals surface area (Å²) >= 11 is 4.59. The zero-order valence-electron chi connectivity index (χ0n) is 16.9. The van der Waals surface area contributed by atoms with Gasteiger partial charge in [-0.3, -0.25) is 14.9 Å². The van der Waals surface area contributed by atoms with Crippen molar-refractivity contribution in [3.8, 4) is 22.9 Å². The van der Waals surface area contributed by atoms with E-state index in [4.69, 9.17) is 4.74 Å². The second-order valence-electron chi connectivity index (χ2n) is 6.30. The summed E-state index contributed by atoms with van der Waals surface area (Å²) in [7, 11) is 3.07. The Bertz CT molecular complexity index is 1200. The standard InChI is InChI=1S/C19H17BrN6O5S/c1-25-18(11-4-3-5-13(20)6-11)23-24-19(25)32-10-16(27)22-21-9-12-7-14(26(29)30)8-15(31-2)17(12)28/h3-9,28H,10H2,1-2H3,(H,22,27). The van der Waals surface area contributed by atoms with Crippen LogP contribution in [0.4, 0.5) is 5.69 Å². The zero-order chi connectivity index (χ0) is 23.3. The largest absolute Gasteiger partial charge is 0.504 e. The van der Waals surface area contributed by atoms with E-state index in [0.29, 0.717) is 11.0 Å². The van der Waals surface area contributed by atoms with E-state index in [9.17, 15) is 20.0 Å². The monoisotopic (exact) mass is 520 g/mol. The topological polar surface area (TPSA) is 145 Å². The summed E-state index contributed by atoms with van der Waals surface area (Å²) in [5.74, 6) is -0.181. The Morgan fingerprint density at radius 3 is 2.88 bits per heavy atom. The predicted octanol–water partition coefficient (Wildman–Crippen LogP) is 3.11. The molecule has 1 heterocycles. The summed E-state index contributed by atoms with van der Waals surface area (Å²) in [6.07, 6.45) is 1.10. The van der Waals surface area contributed by atoms with Crippen LogP contribution < -0.4 is 10.2 Å². The maximum absolute atomic E-state index is 12.1. The van der Waals surface area contributed by atoms with E-state index in [-0.39, 0.29) is 28.5 Å². The Balaban J connectivity index is 1.62. The van der Waals surface area contributed by atoms with E-state index in [1.54, 1.807) is 11.6 Å². The number of aromatic hydroxyl groups is 1. The number of phenolic OH excluding ortho intramolecular Hbond substituents is 1. The third-order valence-electron chi connectivity index (χ3n) is 4.16. The molecule has 1 amide bonds. The summed E-state index contributed by atoms with van der Waals surface area (Å²) < 4.78 is 7.61. The molecule has 166 valence electrons. The summed E-state index contributed by atoms with van der Waals surface area (Å²) in [5, 5.41) is 33.7. The number of carbonyl (C=O) groups is 1. The van der Waals surface area contributed by atoms with Gasteiger partial charge in [-0.15, -0.1) is 10.2 Å². The molecule has 0 unspecified atom stereocenters. The van der Waals surface area contributed by atoms with Gasteiger partial charge in [0.25, 0.3) is 11.6 Å². The molecule has 0 saturated carbocycles. The minimum absolute atomic E-state index is 0.00599. The highest BCUT2D eigenvalue weighted by Gasteiger charge is 2.16. The van der Waals surface area contributed by atoms with Crippen molar-refractivity contribution in [2.24, 2.45) is 12.1 Å². The Labute approximate surface area is 194 Å². The highest BCUT2D eigenvalue weighted by molar-refractivity contribution is 9.10. The molecule has 3 rings (SSSR count). The van der Waals surface area contributed by atoms with Crippen LogP contribution in [-0.4, -0.2) is 49.8 Å². The molecule has 0 aliphatic heterocycles. The molecule has 3 aromatic rings. The van der Waals surface area contributed by atoms with Crippen LogP contribution in [0.1, 0.15) is 5.56 Å². The van der Waals surface area contributed by atoms with Gasteiger partial charge < -0.3 is 14.4 Å². The van der Waals surface area contributed by atoms with Crippen molar-refractivity contribution >= 4 is 45.5 Å². The number of amides is 1. The molecule has 0 aliphatic carbocycles. The van der Waals surface area contributed by atoms with E-state index < -0.39 is 10.8 Å². The lowest BCUT2D eigenvalue weighted by Crippen LogP contribution is -2.20. The fraction of sp³-hybridized carbons (Fsp3) is 0.158. The molecule has 0 spiro atoms. The average Bonchev–Trinajstić information content (AvgIpc) is 3.13. The normalized spacial score (nSPS) is 11.0. The predicted molar refractivity (Wildman–Crippen MR) is 122 cm³/mol. The molecule has 0 aliphatic rings. The zero-order valence-corrected chi connectivity index (χ0v) is 19.3. The number of phenols is 1. The van der Waals surface area contributed by atoms with Gasteiger partial charge in [0.05, 0.1) is 30.1 Å². The van der Waals surface area contributed by atoms with Gasteiger partial charge in [0.2, 0.25) is 0 Å². The fourth-order valence-electron chi connectivity index (χ4n) is 2.63. The van der Waals surface area contributed by atoms with Gasteiger partial charge in [-0.2, -0.15) is 5.10 Å². The minimum Gasteiger partial charge on any atom is -0.504 e. The third-order valence-corrected chi connectivity index (χ3v) is 5.68. The Hall–Kier alpha value is -3.45. The number of hydrogen-bond donors (Lipinski definition) is 2. The number of hydrogen-bond acceptors (Lipinski definition) is 9. The van der Waals surface area contributed by atoms with Crippen LogP contribution in [0, 0.1) is 10.1 Å². The number of nitrogens with zero attached hydrogens (tertiary/aromatic N) is 5. The number of rotatable bonds is 8. The summed E-state index contributed by atoms with van der Waals surface area (Å²) in [4.78, 5) is 22.5. The van der Waals surface area contributed by atoms with Crippen LogP contribution in [-0.2, 0) is 11.8 Å². The van der Waals surface area contributed by atoms with Crippen LogP contribution in [0.2, 0.25) is 0 Å². The molecule has 0 radical (unpaired) electrons. The van der Waals surface area contributed by atoms with Crippen LogP contribution >= 0.6 is 27.7 Å². The highest BCUT2D eigenvalue weighted by Crippen LogP contribution is 2.33. The lowest BCUT2D eigenvalue weighted by Gasteiger charge is -2.06. The second kappa shape index (κ2) is 10.2. The second-order valence-corrected chi connectivity index (χ2v) is 8.16. The van der Waals surface area contributed by atoms with Crippen LogP contribution in [0.15, 0.2) is 51.1 Å². The average molecular weight is 521 g/mol. The number of aromatic nitrogens is 3. The van der Waals surface area contributed by atoms with Crippen molar-refractivity contribution in [3.63, 3.8) is 0 Å². The molecule has 0 fully saturated rings. The first kappa shape index (κ1) is 23.2. The summed E-state index contributed by atoms with van der Waals surface area (Å²) in [6.45, 7) is 0. The molecule has 2 N–H and O–H groups in total. The number of halogens is 1. The number of nitro groups is 1. The van der Waals surface area contributed by atoms with Gasteiger partial charge in [-0.05, 0) is 12.1 Å². The molecule has 1 aromatic heterocycles. The Kier molecular flexibility index (Phi) is 7.43. The van der Waals surface area contributed by atoms with Crippen molar-refractivity contribution in [2.45, 2.75) is 5.16 Å². The summed E-state index contributed by atoms with van der Waals surface area (Å²) in [6, 6.07) is 9.82. The van der Waals surface area contributed by atoms with Gasteiger partial charge in [-0.1, -0.05) is 39.8 Å². The van der Waals surface area contributed by atoms with E-state index in [2.05, 4.69) is 36.7 Å². The van der Waals surface area contributed by atoms with Gasteiger partial charge in [0, 0.05) is 28.7 Å². The van der Waals surface area contributed by atoms with Crippen molar-refractivity contribution < 1.29 is 19.6 Å². The van der Waals surface area contributed by atoms with E-state index in [0.717, 1.165) is 28.4 Å². The first-order valence-electron chi connectivity index (χ1n) is 8.95. The van der Waals surface area contributed by atoms with Crippen molar-refractivity contribution in [1.82, 2.24) is 20.2 Å². The van der Waals surface area contributed by atoms with Gasteiger partial charge >= 0.3 is 0 Å². The molecule has 0 atom stereocenters. The van der Waals surface area contributed by atoms with Crippen molar-refractivity contribution in [3.05, 3.63) is 56.5 Å². The van der Waals surface area contributed by atoms with Crippen LogP contribution in [0.3, 0.4) is 0 Å². The number of hydrazone groups is 1. The van der Waals surface area contributed by atoms with Gasteiger partial charge in [0.15, 0.2) is 22.5 Å².